The summed E-state index contributed by atoms with van der Waals surface area (Å²) in [6.45, 7) is 8.19. The van der Waals surface area contributed by atoms with E-state index in [0.717, 1.165) is 30.3 Å². The molecule has 1 N–H and O–H groups in total. The Bertz CT molecular complexity index is 683. The average molecular weight is 376 g/mol. The van der Waals surface area contributed by atoms with Crippen molar-refractivity contribution in [2.75, 3.05) is 0 Å². The Labute approximate surface area is 159 Å². The van der Waals surface area contributed by atoms with Crippen LogP contribution in [-0.2, 0) is 25.7 Å². The summed E-state index contributed by atoms with van der Waals surface area (Å²) in [7, 11) is -1.17. The minimum Gasteiger partial charge on any atom is -0.399 e. The lowest BCUT2D eigenvalue weighted by atomic mass is 9.76. The summed E-state index contributed by atoms with van der Waals surface area (Å²) in [6, 6.07) is 7.97. The first-order valence-corrected chi connectivity index (χ1v) is 11.0. The summed E-state index contributed by atoms with van der Waals surface area (Å²) in [4.78, 5) is 0. The number of aliphatic hydroxyl groups is 1. The van der Waals surface area contributed by atoms with Crippen LogP contribution in [0.15, 0.2) is 24.3 Å². The van der Waals surface area contributed by atoms with Gasteiger partial charge in [0.05, 0.1) is 16.8 Å². The summed E-state index contributed by atoms with van der Waals surface area (Å²) in [5, 5.41) is 11.6. The molecule has 6 heteroatoms. The molecule has 3 saturated heterocycles. The molecule has 0 radical (unpaired) electrons. The highest BCUT2D eigenvalue weighted by Crippen LogP contribution is 2.44. The Morgan fingerprint density at radius 3 is 2.00 bits per heavy atom. The predicted molar refractivity (Wildman–Crippen MR) is 105 cm³/mol. The molecule has 2 unspecified atom stereocenters. The van der Waals surface area contributed by atoms with Gasteiger partial charge in [-0.15, -0.1) is 0 Å². The molecule has 3 aliphatic rings. The van der Waals surface area contributed by atoms with Gasteiger partial charge in [0, 0.05) is 21.3 Å². The summed E-state index contributed by atoms with van der Waals surface area (Å²) >= 11 is 0. The average Bonchev–Trinajstić information content (AvgIpc) is 2.77. The van der Waals surface area contributed by atoms with Crippen molar-refractivity contribution in [3.63, 3.8) is 0 Å². The quantitative estimate of drug-likeness (QED) is 0.807. The van der Waals surface area contributed by atoms with Gasteiger partial charge in [-0.3, -0.25) is 4.21 Å². The summed E-state index contributed by atoms with van der Waals surface area (Å²) in [5.74, 6) is 0. The van der Waals surface area contributed by atoms with Crippen LogP contribution in [0.5, 0.6) is 0 Å². The van der Waals surface area contributed by atoms with Crippen molar-refractivity contribution in [2.24, 2.45) is 0 Å². The van der Waals surface area contributed by atoms with E-state index >= 15 is 0 Å². The number of hydrogen-bond donors (Lipinski definition) is 1. The highest BCUT2D eigenvalue weighted by molar-refractivity contribution is 7.86. The third-order valence-corrected chi connectivity index (χ3v) is 8.93. The maximum absolute atomic E-state index is 12.4. The van der Waals surface area contributed by atoms with Crippen LogP contribution in [0.4, 0.5) is 0 Å². The molecular weight excluding hydrogens is 347 g/mol. The fourth-order valence-electron chi connectivity index (χ4n) is 4.45. The molecular formula is C20H29BO4S. The molecule has 2 atom stereocenters. The number of hydrogen-bond acceptors (Lipinski definition) is 4. The van der Waals surface area contributed by atoms with E-state index in [1.54, 1.807) is 0 Å². The smallest absolute Gasteiger partial charge is 0.399 e. The van der Waals surface area contributed by atoms with E-state index in [-0.39, 0.29) is 28.8 Å². The number of rotatable bonds is 2. The van der Waals surface area contributed by atoms with Crippen molar-refractivity contribution in [2.45, 2.75) is 87.1 Å². The molecule has 0 aliphatic carbocycles. The second-order valence-corrected chi connectivity index (χ2v) is 11.1. The highest BCUT2D eigenvalue weighted by Gasteiger charge is 2.52. The molecule has 0 spiro atoms. The van der Waals surface area contributed by atoms with Crippen LogP contribution in [0, 0.1) is 0 Å². The molecule has 0 aromatic heterocycles. The molecule has 0 amide bonds. The lowest BCUT2D eigenvalue weighted by molar-refractivity contribution is 0.00578. The number of benzene rings is 1. The fraction of sp³-hybridized carbons (Fsp3) is 0.700. The van der Waals surface area contributed by atoms with E-state index in [4.69, 9.17) is 9.31 Å². The van der Waals surface area contributed by atoms with Gasteiger partial charge in [0.1, 0.15) is 0 Å². The summed E-state index contributed by atoms with van der Waals surface area (Å²) in [5.41, 5.74) is 0.304. The van der Waals surface area contributed by atoms with Crippen molar-refractivity contribution >= 4 is 23.4 Å². The van der Waals surface area contributed by atoms with Gasteiger partial charge in [-0.05, 0) is 64.4 Å². The van der Waals surface area contributed by atoms with Crippen molar-refractivity contribution in [3.8, 4) is 0 Å². The molecule has 3 fully saturated rings. The Balaban J connectivity index is 1.54. The molecule has 3 aliphatic heterocycles. The highest BCUT2D eigenvalue weighted by atomic mass is 32.2. The molecule has 0 saturated carbocycles. The zero-order valence-electron chi connectivity index (χ0n) is 16.2. The normalized spacial score (nSPS) is 38.3. The second-order valence-electron chi connectivity index (χ2n) is 9.15. The summed E-state index contributed by atoms with van der Waals surface area (Å²) in [6.07, 6.45) is 4.28. The van der Waals surface area contributed by atoms with E-state index < -0.39 is 16.4 Å². The van der Waals surface area contributed by atoms with Crippen molar-refractivity contribution in [3.05, 3.63) is 29.8 Å². The van der Waals surface area contributed by atoms with Crippen molar-refractivity contribution in [1.82, 2.24) is 0 Å². The van der Waals surface area contributed by atoms with E-state index in [0.29, 0.717) is 12.8 Å². The van der Waals surface area contributed by atoms with Crippen LogP contribution >= 0.6 is 0 Å². The largest absolute Gasteiger partial charge is 0.494 e. The Morgan fingerprint density at radius 2 is 1.50 bits per heavy atom. The Morgan fingerprint density at radius 1 is 1.00 bits per heavy atom. The fourth-order valence-corrected chi connectivity index (χ4v) is 6.67. The van der Waals surface area contributed by atoms with Gasteiger partial charge in [-0.25, -0.2) is 0 Å². The zero-order valence-corrected chi connectivity index (χ0v) is 17.0. The standard InChI is InChI=1S/C20H29BO4S/c1-18(2)19(3,4)25-21(24-18)15-10-8-14(9-11-15)20(22)12-16-6-5-7-17(13-20)26(16)23/h8-11,16-17,22H,5-7,12-13H2,1-4H3. The first-order valence-electron chi connectivity index (χ1n) is 9.69. The minimum atomic E-state index is -0.863. The molecule has 142 valence electrons. The van der Waals surface area contributed by atoms with Crippen LogP contribution in [0.2, 0.25) is 0 Å². The third-order valence-electron chi connectivity index (χ3n) is 6.81. The number of fused-ring (bicyclic) bond motifs is 2. The minimum absolute atomic E-state index is 0.135. The van der Waals surface area contributed by atoms with Gasteiger partial charge >= 0.3 is 7.12 Å². The van der Waals surface area contributed by atoms with Gasteiger partial charge in [-0.2, -0.15) is 0 Å². The van der Waals surface area contributed by atoms with Crippen LogP contribution in [0.25, 0.3) is 0 Å². The van der Waals surface area contributed by atoms with E-state index in [1.807, 2.05) is 52.0 Å². The molecule has 3 heterocycles. The van der Waals surface area contributed by atoms with Gasteiger partial charge in [0.25, 0.3) is 0 Å². The summed E-state index contributed by atoms with van der Waals surface area (Å²) < 4.78 is 24.7. The first kappa shape index (κ1) is 18.7. The molecule has 1 aromatic rings. The molecule has 4 rings (SSSR count). The second kappa shape index (κ2) is 6.16. The van der Waals surface area contributed by atoms with Crippen LogP contribution < -0.4 is 5.46 Å². The third kappa shape index (κ3) is 2.99. The zero-order chi connectivity index (χ0) is 18.7. The maximum Gasteiger partial charge on any atom is 0.494 e. The molecule has 4 nitrogen and oxygen atoms in total. The van der Waals surface area contributed by atoms with Gasteiger partial charge < -0.3 is 14.4 Å². The molecule has 1 aromatic carbocycles. The van der Waals surface area contributed by atoms with E-state index in [2.05, 4.69) is 0 Å². The SMILES string of the molecule is CC1(C)OB(c2ccc(C3(O)CC4CCCC(C3)S4=O)cc2)OC1(C)C. The Kier molecular flexibility index (Phi) is 4.42. The first-order chi connectivity index (χ1) is 12.1. The molecule has 2 bridgehead atoms. The van der Waals surface area contributed by atoms with Crippen LogP contribution in [-0.4, -0.2) is 38.1 Å². The van der Waals surface area contributed by atoms with E-state index in [1.165, 1.54) is 0 Å². The van der Waals surface area contributed by atoms with Crippen LogP contribution in [0.1, 0.15) is 65.4 Å². The topological polar surface area (TPSA) is 55.8 Å². The van der Waals surface area contributed by atoms with Gasteiger partial charge in [0.2, 0.25) is 0 Å². The van der Waals surface area contributed by atoms with Crippen molar-refractivity contribution in [1.29, 1.82) is 0 Å². The Hall–Kier alpha value is -0.685. The van der Waals surface area contributed by atoms with Gasteiger partial charge in [0.15, 0.2) is 0 Å². The van der Waals surface area contributed by atoms with Gasteiger partial charge in [-0.1, -0.05) is 30.7 Å². The van der Waals surface area contributed by atoms with Crippen molar-refractivity contribution < 1.29 is 18.6 Å². The van der Waals surface area contributed by atoms with Crippen LogP contribution in [0.3, 0.4) is 0 Å². The predicted octanol–water partition coefficient (Wildman–Crippen LogP) is 2.64. The molecule has 26 heavy (non-hydrogen) atoms. The lowest BCUT2D eigenvalue weighted by Gasteiger charge is -2.43. The monoisotopic (exact) mass is 376 g/mol. The maximum atomic E-state index is 12.4. The lowest BCUT2D eigenvalue weighted by Crippen LogP contribution is -2.47. The van der Waals surface area contributed by atoms with E-state index in [9.17, 15) is 9.32 Å².